The lowest BCUT2D eigenvalue weighted by molar-refractivity contribution is -0.114. The van der Waals surface area contributed by atoms with Crippen LogP contribution in [0.1, 0.15) is 31.0 Å². The fourth-order valence-corrected chi connectivity index (χ4v) is 2.32. The highest BCUT2D eigenvalue weighted by atomic mass is 35.5. The number of ether oxygens (including phenoxy) is 1. The van der Waals surface area contributed by atoms with E-state index in [9.17, 15) is 4.79 Å². The molecule has 0 spiro atoms. The van der Waals surface area contributed by atoms with Gasteiger partial charge in [0.15, 0.2) is 0 Å². The van der Waals surface area contributed by atoms with Gasteiger partial charge in [-0.05, 0) is 30.7 Å². The molecule has 1 unspecified atom stereocenters. The monoisotopic (exact) mass is 334 g/mol. The van der Waals surface area contributed by atoms with Crippen LogP contribution in [0.15, 0.2) is 48.5 Å². The van der Waals surface area contributed by atoms with Gasteiger partial charge in [0.05, 0.1) is 7.11 Å². The molecular weight excluding hydrogens is 312 g/mol. The van der Waals surface area contributed by atoms with Gasteiger partial charge in [0.25, 0.3) is 0 Å². The van der Waals surface area contributed by atoms with Crippen LogP contribution in [0.25, 0.3) is 0 Å². The van der Waals surface area contributed by atoms with Crippen LogP contribution in [0.3, 0.4) is 0 Å². The molecule has 0 aliphatic carbocycles. The number of hydrogen-bond donors (Lipinski definition) is 2. The van der Waals surface area contributed by atoms with Crippen molar-refractivity contribution in [1.82, 2.24) is 5.32 Å². The summed E-state index contributed by atoms with van der Waals surface area (Å²) >= 11 is 0. The standard InChI is InChI=1S/C18H22N2O2.ClH/c1-13(15-8-6-9-17(11-15)20-14(2)21)19-12-16-7-4-5-10-18(16)22-3;/h4-11,13,19H,12H2,1-3H3,(H,20,21);1H. The van der Waals surface area contributed by atoms with E-state index in [0.717, 1.165) is 29.1 Å². The Morgan fingerprint density at radius 3 is 2.61 bits per heavy atom. The zero-order valence-corrected chi connectivity index (χ0v) is 14.4. The number of methoxy groups -OCH3 is 1. The van der Waals surface area contributed by atoms with Gasteiger partial charge < -0.3 is 15.4 Å². The zero-order chi connectivity index (χ0) is 15.9. The topological polar surface area (TPSA) is 50.4 Å². The number of carbonyl (C=O) groups excluding carboxylic acids is 1. The first-order valence-electron chi connectivity index (χ1n) is 7.33. The van der Waals surface area contributed by atoms with Crippen LogP contribution in [0.5, 0.6) is 5.75 Å². The van der Waals surface area contributed by atoms with Crippen molar-refractivity contribution in [2.24, 2.45) is 0 Å². The third-order valence-electron chi connectivity index (χ3n) is 3.50. The average Bonchev–Trinajstić information content (AvgIpc) is 2.52. The van der Waals surface area contributed by atoms with E-state index in [1.165, 1.54) is 6.92 Å². The number of halogens is 1. The number of rotatable bonds is 6. The van der Waals surface area contributed by atoms with Crippen LogP contribution in [0.4, 0.5) is 5.69 Å². The maximum atomic E-state index is 11.1. The predicted molar refractivity (Wildman–Crippen MR) is 96.2 cm³/mol. The Kier molecular flexibility index (Phi) is 7.59. The highest BCUT2D eigenvalue weighted by Gasteiger charge is 2.08. The van der Waals surface area contributed by atoms with Crippen molar-refractivity contribution >= 4 is 24.0 Å². The molecule has 2 rings (SSSR count). The maximum Gasteiger partial charge on any atom is 0.221 e. The summed E-state index contributed by atoms with van der Waals surface area (Å²) in [6.07, 6.45) is 0. The third-order valence-corrected chi connectivity index (χ3v) is 3.50. The minimum absolute atomic E-state index is 0. The molecular formula is C18H23ClN2O2. The second kappa shape index (κ2) is 9.18. The zero-order valence-electron chi connectivity index (χ0n) is 13.6. The number of para-hydroxylation sites is 1. The number of hydrogen-bond acceptors (Lipinski definition) is 3. The summed E-state index contributed by atoms with van der Waals surface area (Å²) in [6.45, 7) is 4.33. The van der Waals surface area contributed by atoms with Gasteiger partial charge in [0.2, 0.25) is 5.91 Å². The quantitative estimate of drug-likeness (QED) is 0.841. The molecule has 0 bridgehead atoms. The van der Waals surface area contributed by atoms with E-state index in [0.29, 0.717) is 0 Å². The molecule has 5 heteroatoms. The van der Waals surface area contributed by atoms with E-state index in [1.54, 1.807) is 7.11 Å². The van der Waals surface area contributed by atoms with Gasteiger partial charge in [-0.2, -0.15) is 0 Å². The van der Waals surface area contributed by atoms with E-state index >= 15 is 0 Å². The Bertz CT molecular complexity index is 646. The second-order valence-electron chi connectivity index (χ2n) is 5.22. The number of benzene rings is 2. The SMILES string of the molecule is COc1ccccc1CNC(C)c1cccc(NC(C)=O)c1.Cl. The molecule has 0 aromatic heterocycles. The van der Waals surface area contributed by atoms with Gasteiger partial charge >= 0.3 is 0 Å². The minimum Gasteiger partial charge on any atom is -0.496 e. The predicted octanol–water partition coefficient (Wildman–Crippen LogP) is 3.93. The molecule has 4 nitrogen and oxygen atoms in total. The summed E-state index contributed by atoms with van der Waals surface area (Å²) in [5.41, 5.74) is 3.06. The van der Waals surface area contributed by atoms with Gasteiger partial charge in [-0.3, -0.25) is 4.79 Å². The molecule has 2 aromatic rings. The number of carbonyl (C=O) groups is 1. The summed E-state index contributed by atoms with van der Waals surface area (Å²) in [4.78, 5) is 11.1. The van der Waals surface area contributed by atoms with E-state index in [-0.39, 0.29) is 24.4 Å². The molecule has 0 heterocycles. The van der Waals surface area contributed by atoms with Crippen LogP contribution < -0.4 is 15.4 Å². The molecule has 23 heavy (non-hydrogen) atoms. The summed E-state index contributed by atoms with van der Waals surface area (Å²) < 4.78 is 5.36. The molecule has 0 aliphatic rings. The Morgan fingerprint density at radius 1 is 1.17 bits per heavy atom. The highest BCUT2D eigenvalue weighted by molar-refractivity contribution is 5.88. The molecule has 0 fully saturated rings. The van der Waals surface area contributed by atoms with Gasteiger partial charge in [-0.1, -0.05) is 30.3 Å². The molecule has 1 atom stereocenters. The lowest BCUT2D eigenvalue weighted by Crippen LogP contribution is -2.18. The average molecular weight is 335 g/mol. The molecule has 0 radical (unpaired) electrons. The van der Waals surface area contributed by atoms with Crippen molar-refractivity contribution in [1.29, 1.82) is 0 Å². The van der Waals surface area contributed by atoms with Gasteiger partial charge in [0, 0.05) is 30.8 Å². The second-order valence-corrected chi connectivity index (χ2v) is 5.22. The van der Waals surface area contributed by atoms with Crippen molar-refractivity contribution in [3.8, 4) is 5.75 Å². The molecule has 2 N–H and O–H groups in total. The summed E-state index contributed by atoms with van der Waals surface area (Å²) in [7, 11) is 1.68. The molecule has 0 saturated carbocycles. The molecule has 1 amide bonds. The van der Waals surface area contributed by atoms with Gasteiger partial charge in [0.1, 0.15) is 5.75 Å². The smallest absolute Gasteiger partial charge is 0.221 e. The van der Waals surface area contributed by atoms with E-state index in [2.05, 4.69) is 17.6 Å². The van der Waals surface area contributed by atoms with Crippen molar-refractivity contribution < 1.29 is 9.53 Å². The first-order chi connectivity index (χ1) is 10.6. The van der Waals surface area contributed by atoms with Crippen molar-refractivity contribution in [2.45, 2.75) is 26.4 Å². The van der Waals surface area contributed by atoms with E-state index in [1.807, 2.05) is 48.5 Å². The fourth-order valence-electron chi connectivity index (χ4n) is 2.32. The number of amides is 1. The third kappa shape index (κ3) is 5.58. The number of nitrogens with one attached hydrogen (secondary N) is 2. The van der Waals surface area contributed by atoms with Gasteiger partial charge in [-0.15, -0.1) is 12.4 Å². The molecule has 2 aromatic carbocycles. The van der Waals surface area contributed by atoms with E-state index in [4.69, 9.17) is 4.74 Å². The van der Waals surface area contributed by atoms with Crippen LogP contribution in [0, 0.1) is 0 Å². The lowest BCUT2D eigenvalue weighted by atomic mass is 10.1. The summed E-state index contributed by atoms with van der Waals surface area (Å²) in [5.74, 6) is 0.820. The van der Waals surface area contributed by atoms with Crippen LogP contribution in [-0.2, 0) is 11.3 Å². The first kappa shape index (κ1) is 19.0. The summed E-state index contributed by atoms with van der Waals surface area (Å²) in [5, 5.41) is 6.28. The van der Waals surface area contributed by atoms with Crippen molar-refractivity contribution in [3.63, 3.8) is 0 Å². The Balaban J connectivity index is 0.00000264. The van der Waals surface area contributed by atoms with Crippen molar-refractivity contribution in [2.75, 3.05) is 12.4 Å². The lowest BCUT2D eigenvalue weighted by Gasteiger charge is -2.16. The molecule has 0 aliphatic heterocycles. The summed E-state index contributed by atoms with van der Waals surface area (Å²) in [6, 6.07) is 16.0. The first-order valence-corrected chi connectivity index (χ1v) is 7.33. The van der Waals surface area contributed by atoms with Crippen LogP contribution in [-0.4, -0.2) is 13.0 Å². The van der Waals surface area contributed by atoms with Gasteiger partial charge in [-0.25, -0.2) is 0 Å². The van der Waals surface area contributed by atoms with Crippen molar-refractivity contribution in [3.05, 3.63) is 59.7 Å². The van der Waals surface area contributed by atoms with Crippen LogP contribution in [0.2, 0.25) is 0 Å². The molecule has 124 valence electrons. The Labute approximate surface area is 143 Å². The fraction of sp³-hybridized carbons (Fsp3) is 0.278. The Hall–Kier alpha value is -2.04. The van der Waals surface area contributed by atoms with E-state index < -0.39 is 0 Å². The van der Waals surface area contributed by atoms with Crippen LogP contribution >= 0.6 is 12.4 Å². The molecule has 0 saturated heterocycles. The minimum atomic E-state index is -0.0632. The maximum absolute atomic E-state index is 11.1. The Morgan fingerprint density at radius 2 is 1.91 bits per heavy atom. The number of anilines is 1. The largest absolute Gasteiger partial charge is 0.496 e. The highest BCUT2D eigenvalue weighted by Crippen LogP contribution is 2.20. The normalized spacial score (nSPS) is 11.3.